The van der Waals surface area contributed by atoms with Gasteiger partial charge in [0.1, 0.15) is 17.6 Å². The predicted molar refractivity (Wildman–Crippen MR) is 136 cm³/mol. The largest absolute Gasteiger partial charge is 0.497 e. The van der Waals surface area contributed by atoms with Crippen LogP contribution in [0.4, 0.5) is 0 Å². The van der Waals surface area contributed by atoms with Crippen molar-refractivity contribution in [3.05, 3.63) is 59.7 Å². The number of methoxy groups -OCH3 is 1. The number of carbonyl (C=O) groups excluding carboxylic acids is 1. The van der Waals surface area contributed by atoms with Crippen LogP contribution in [0.2, 0.25) is 0 Å². The number of ether oxygens (including phenoxy) is 1. The highest BCUT2D eigenvalue weighted by Gasteiger charge is 2.34. The van der Waals surface area contributed by atoms with E-state index in [2.05, 4.69) is 32.1 Å². The van der Waals surface area contributed by atoms with E-state index in [4.69, 9.17) is 4.74 Å². The lowest BCUT2D eigenvalue weighted by atomic mass is 9.97. The lowest BCUT2D eigenvalue weighted by molar-refractivity contribution is -0.124. The SMILES string of the molecule is CC[C@H](C)[C@H](N=C1NS(=O)(=O)c2ccccc21)C(=O)NC1CCN(Cc2cccc(OC)c2)CC1. The van der Waals surface area contributed by atoms with Gasteiger partial charge in [-0.05, 0) is 48.6 Å². The van der Waals surface area contributed by atoms with Crippen molar-refractivity contribution in [3.8, 4) is 5.75 Å². The van der Waals surface area contributed by atoms with Crippen molar-refractivity contribution in [1.82, 2.24) is 14.9 Å². The van der Waals surface area contributed by atoms with Crippen LogP contribution >= 0.6 is 0 Å². The molecule has 0 radical (unpaired) electrons. The number of amidine groups is 1. The minimum atomic E-state index is -3.65. The third-order valence-corrected chi connectivity index (χ3v) is 8.25. The third kappa shape index (κ3) is 5.85. The first-order valence-electron chi connectivity index (χ1n) is 12.2. The van der Waals surface area contributed by atoms with Gasteiger partial charge in [-0.1, -0.05) is 44.5 Å². The zero-order valence-corrected chi connectivity index (χ0v) is 21.3. The Hall–Kier alpha value is -2.91. The van der Waals surface area contributed by atoms with E-state index in [0.29, 0.717) is 5.56 Å². The van der Waals surface area contributed by atoms with Crippen molar-refractivity contribution in [2.75, 3.05) is 20.2 Å². The molecule has 2 aliphatic heterocycles. The second-order valence-electron chi connectivity index (χ2n) is 9.32. The van der Waals surface area contributed by atoms with Crippen molar-refractivity contribution in [1.29, 1.82) is 0 Å². The number of carbonyl (C=O) groups is 1. The number of aliphatic imine (C=N–C) groups is 1. The lowest BCUT2D eigenvalue weighted by Gasteiger charge is -2.33. The summed E-state index contributed by atoms with van der Waals surface area (Å²) in [6.45, 7) is 6.60. The van der Waals surface area contributed by atoms with Crippen molar-refractivity contribution in [2.24, 2.45) is 10.9 Å². The topological polar surface area (TPSA) is 100 Å². The molecule has 8 nitrogen and oxygen atoms in total. The van der Waals surface area contributed by atoms with Gasteiger partial charge in [-0.15, -0.1) is 0 Å². The summed E-state index contributed by atoms with van der Waals surface area (Å²) in [4.78, 5) is 20.5. The van der Waals surface area contributed by atoms with Gasteiger partial charge in [0, 0.05) is 31.2 Å². The fraction of sp³-hybridized carbons (Fsp3) is 0.462. The molecule has 2 atom stereocenters. The number of nitrogens with zero attached hydrogens (tertiary/aromatic N) is 2. The summed E-state index contributed by atoms with van der Waals surface area (Å²) in [7, 11) is -1.98. The zero-order valence-electron chi connectivity index (χ0n) is 20.5. The van der Waals surface area contributed by atoms with E-state index in [-0.39, 0.29) is 28.6 Å². The number of fused-ring (bicyclic) bond motifs is 1. The van der Waals surface area contributed by atoms with Gasteiger partial charge >= 0.3 is 0 Å². The van der Waals surface area contributed by atoms with Crippen molar-refractivity contribution < 1.29 is 17.9 Å². The highest BCUT2D eigenvalue weighted by atomic mass is 32.2. The molecular formula is C26H34N4O4S. The number of rotatable bonds is 8. The first-order chi connectivity index (χ1) is 16.8. The number of sulfonamides is 1. The summed E-state index contributed by atoms with van der Waals surface area (Å²) in [5, 5.41) is 3.19. The maximum atomic E-state index is 13.3. The highest BCUT2D eigenvalue weighted by molar-refractivity contribution is 7.90. The number of hydrogen-bond donors (Lipinski definition) is 2. The number of piperidine rings is 1. The lowest BCUT2D eigenvalue weighted by Crippen LogP contribution is -2.48. The fourth-order valence-electron chi connectivity index (χ4n) is 4.59. The smallest absolute Gasteiger partial charge is 0.263 e. The third-order valence-electron chi connectivity index (χ3n) is 6.86. The van der Waals surface area contributed by atoms with Gasteiger partial charge in [0.05, 0.1) is 12.0 Å². The zero-order chi connectivity index (χ0) is 25.0. The Labute approximate surface area is 207 Å². The van der Waals surface area contributed by atoms with Crippen molar-refractivity contribution >= 4 is 21.8 Å². The molecule has 2 aromatic carbocycles. The van der Waals surface area contributed by atoms with Gasteiger partial charge in [-0.25, -0.2) is 8.42 Å². The highest BCUT2D eigenvalue weighted by Crippen LogP contribution is 2.24. The molecule has 2 aromatic rings. The number of benzene rings is 2. The van der Waals surface area contributed by atoms with Crippen LogP contribution in [0.25, 0.3) is 0 Å². The van der Waals surface area contributed by atoms with Gasteiger partial charge in [-0.3, -0.25) is 19.4 Å². The Morgan fingerprint density at radius 2 is 1.94 bits per heavy atom. The number of nitrogens with one attached hydrogen (secondary N) is 2. The normalized spacial score (nSPS) is 20.6. The van der Waals surface area contributed by atoms with E-state index in [1.54, 1.807) is 31.4 Å². The molecule has 188 valence electrons. The van der Waals surface area contributed by atoms with Gasteiger partial charge in [0.2, 0.25) is 5.91 Å². The van der Waals surface area contributed by atoms with E-state index in [9.17, 15) is 13.2 Å². The maximum Gasteiger partial charge on any atom is 0.263 e. The molecule has 0 saturated carbocycles. The molecule has 0 bridgehead atoms. The molecule has 1 amide bonds. The van der Waals surface area contributed by atoms with Gasteiger partial charge in [0.15, 0.2) is 0 Å². The Balaban J connectivity index is 1.40. The fourth-order valence-corrected chi connectivity index (χ4v) is 5.83. The summed E-state index contributed by atoms with van der Waals surface area (Å²) in [5.74, 6) is 0.915. The van der Waals surface area contributed by atoms with E-state index in [0.717, 1.165) is 44.6 Å². The molecule has 0 unspecified atom stereocenters. The molecule has 2 heterocycles. The second kappa shape index (κ2) is 10.8. The Kier molecular flexibility index (Phi) is 7.76. The summed E-state index contributed by atoms with van der Waals surface area (Å²) >= 11 is 0. The Morgan fingerprint density at radius 3 is 2.66 bits per heavy atom. The number of likely N-dealkylation sites (tertiary alicyclic amines) is 1. The first kappa shape index (κ1) is 25.2. The summed E-state index contributed by atoms with van der Waals surface area (Å²) < 4.78 is 32.8. The molecule has 0 spiro atoms. The average molecular weight is 499 g/mol. The van der Waals surface area contributed by atoms with Gasteiger partial charge < -0.3 is 10.1 Å². The van der Waals surface area contributed by atoms with Crippen LogP contribution in [0.5, 0.6) is 5.75 Å². The average Bonchev–Trinajstić information content (AvgIpc) is 3.13. The van der Waals surface area contributed by atoms with Crippen LogP contribution in [-0.2, 0) is 21.4 Å². The molecule has 4 rings (SSSR count). The van der Waals surface area contributed by atoms with E-state index < -0.39 is 16.1 Å². The van der Waals surface area contributed by atoms with Crippen LogP contribution in [-0.4, -0.2) is 57.3 Å². The molecule has 1 saturated heterocycles. The molecule has 35 heavy (non-hydrogen) atoms. The van der Waals surface area contributed by atoms with Crippen LogP contribution in [0.15, 0.2) is 58.4 Å². The Morgan fingerprint density at radius 1 is 1.20 bits per heavy atom. The van der Waals surface area contributed by atoms with Gasteiger partial charge in [0.25, 0.3) is 10.0 Å². The first-order valence-corrected chi connectivity index (χ1v) is 13.6. The molecule has 0 aromatic heterocycles. The molecule has 2 aliphatic rings. The van der Waals surface area contributed by atoms with Crippen LogP contribution in [0.1, 0.15) is 44.2 Å². The van der Waals surface area contributed by atoms with E-state index in [1.165, 1.54) is 5.56 Å². The van der Waals surface area contributed by atoms with Crippen LogP contribution < -0.4 is 14.8 Å². The molecule has 0 aliphatic carbocycles. The van der Waals surface area contributed by atoms with E-state index >= 15 is 0 Å². The summed E-state index contributed by atoms with van der Waals surface area (Å²) in [5.41, 5.74) is 1.72. The minimum absolute atomic E-state index is 0.0343. The maximum absolute atomic E-state index is 13.3. The quantitative estimate of drug-likeness (QED) is 0.583. The van der Waals surface area contributed by atoms with Crippen molar-refractivity contribution in [2.45, 2.75) is 56.6 Å². The molecular weight excluding hydrogens is 464 g/mol. The minimum Gasteiger partial charge on any atom is -0.497 e. The van der Waals surface area contributed by atoms with E-state index in [1.807, 2.05) is 26.0 Å². The molecule has 9 heteroatoms. The standard InChI is InChI=1S/C26H34N4O4S/c1-4-18(2)24(28-25-22-10-5-6-11-23(22)35(32,33)29-25)26(31)27-20-12-14-30(15-13-20)17-19-8-7-9-21(16-19)34-3/h5-11,16,18,20,24H,4,12-15,17H2,1-3H3,(H,27,31)(H,28,29)/t18-,24-/m0/s1. The van der Waals surface area contributed by atoms with Gasteiger partial charge in [-0.2, -0.15) is 0 Å². The summed E-state index contributed by atoms with van der Waals surface area (Å²) in [6, 6.07) is 14.2. The Bertz CT molecular complexity index is 1190. The summed E-state index contributed by atoms with van der Waals surface area (Å²) in [6.07, 6.45) is 2.46. The van der Waals surface area contributed by atoms with Crippen LogP contribution in [0, 0.1) is 5.92 Å². The number of hydrogen-bond acceptors (Lipinski definition) is 6. The number of amides is 1. The second-order valence-corrected chi connectivity index (χ2v) is 11.0. The molecule has 1 fully saturated rings. The molecule has 2 N–H and O–H groups in total. The monoisotopic (exact) mass is 498 g/mol. The van der Waals surface area contributed by atoms with Crippen molar-refractivity contribution in [3.63, 3.8) is 0 Å². The predicted octanol–water partition coefficient (Wildman–Crippen LogP) is 2.93. The van der Waals surface area contributed by atoms with Crippen LogP contribution in [0.3, 0.4) is 0 Å².